The van der Waals surface area contributed by atoms with Gasteiger partial charge in [0.1, 0.15) is 0 Å². The molecule has 0 spiro atoms. The summed E-state index contributed by atoms with van der Waals surface area (Å²) in [5, 5.41) is 2.90. The van der Waals surface area contributed by atoms with Gasteiger partial charge in [0, 0.05) is 5.56 Å². The van der Waals surface area contributed by atoms with Gasteiger partial charge in [0.15, 0.2) is 0 Å². The average molecular weight is 312 g/mol. The van der Waals surface area contributed by atoms with Crippen molar-refractivity contribution in [2.24, 2.45) is 0 Å². The molecule has 1 atom stereocenters. The molecule has 120 valence electrons. The molecule has 2 rings (SSSR count). The Bertz CT molecular complexity index is 629. The van der Waals surface area contributed by atoms with Crippen LogP contribution in [0.3, 0.4) is 0 Å². The van der Waals surface area contributed by atoms with Gasteiger partial charge < -0.3 is 5.32 Å². The predicted octanol–water partition coefficient (Wildman–Crippen LogP) is 2.62. The van der Waals surface area contributed by atoms with Crippen molar-refractivity contribution in [3.05, 3.63) is 71.8 Å². The summed E-state index contributed by atoms with van der Waals surface area (Å²) in [6.45, 7) is 2.17. The van der Waals surface area contributed by atoms with Crippen LogP contribution in [0.4, 0.5) is 0 Å². The molecule has 5 heteroatoms. The van der Waals surface area contributed by atoms with Crippen LogP contribution in [0.2, 0.25) is 0 Å². The van der Waals surface area contributed by atoms with Crippen LogP contribution in [0.1, 0.15) is 35.3 Å². The monoisotopic (exact) mass is 312 g/mol. The van der Waals surface area contributed by atoms with E-state index in [1.807, 2.05) is 36.4 Å². The second kappa shape index (κ2) is 8.70. The summed E-state index contributed by atoms with van der Waals surface area (Å²) in [4.78, 5) is 29.2. The van der Waals surface area contributed by atoms with E-state index < -0.39 is 6.04 Å². The average Bonchev–Trinajstić information content (AvgIpc) is 2.61. The van der Waals surface area contributed by atoms with E-state index >= 15 is 0 Å². The number of amides is 2. The van der Waals surface area contributed by atoms with Crippen LogP contribution >= 0.6 is 0 Å². The lowest BCUT2D eigenvalue weighted by molar-refractivity contribution is -0.133. The molecular weight excluding hydrogens is 292 g/mol. The fourth-order valence-corrected chi connectivity index (χ4v) is 2.15. The van der Waals surface area contributed by atoms with Crippen molar-refractivity contribution in [2.75, 3.05) is 6.61 Å². The van der Waals surface area contributed by atoms with Gasteiger partial charge in [-0.05, 0) is 24.6 Å². The molecule has 0 aliphatic rings. The Kier molecular flexibility index (Phi) is 6.32. The van der Waals surface area contributed by atoms with E-state index in [0.29, 0.717) is 12.2 Å². The lowest BCUT2D eigenvalue weighted by atomic mass is 10.0. The van der Waals surface area contributed by atoms with Crippen molar-refractivity contribution in [1.29, 1.82) is 0 Å². The van der Waals surface area contributed by atoms with Crippen LogP contribution in [0, 0.1) is 0 Å². The number of hydroxylamine groups is 1. The number of hydrogen-bond acceptors (Lipinski definition) is 3. The Morgan fingerprint density at radius 1 is 1.00 bits per heavy atom. The van der Waals surface area contributed by atoms with Crippen LogP contribution in [0.15, 0.2) is 60.7 Å². The first-order chi connectivity index (χ1) is 11.2. The van der Waals surface area contributed by atoms with Crippen molar-refractivity contribution >= 4 is 11.8 Å². The molecule has 0 aliphatic heterocycles. The Balaban J connectivity index is 2.10. The number of carbonyl (C=O) groups is 2. The normalized spacial score (nSPS) is 11.5. The molecule has 0 heterocycles. The first-order valence-electron chi connectivity index (χ1n) is 7.52. The van der Waals surface area contributed by atoms with Gasteiger partial charge in [-0.25, -0.2) is 5.48 Å². The summed E-state index contributed by atoms with van der Waals surface area (Å²) in [7, 11) is 0. The zero-order valence-corrected chi connectivity index (χ0v) is 13.0. The van der Waals surface area contributed by atoms with Gasteiger partial charge in [-0.15, -0.1) is 0 Å². The molecule has 0 aromatic heterocycles. The van der Waals surface area contributed by atoms with E-state index in [2.05, 4.69) is 10.8 Å². The van der Waals surface area contributed by atoms with Crippen LogP contribution < -0.4 is 10.8 Å². The fraction of sp³-hybridized carbons (Fsp3) is 0.222. The van der Waals surface area contributed by atoms with Gasteiger partial charge in [-0.3, -0.25) is 14.4 Å². The Hall–Kier alpha value is -2.66. The number of rotatable bonds is 7. The molecule has 0 fully saturated rings. The molecule has 1 unspecified atom stereocenters. The first-order valence-corrected chi connectivity index (χ1v) is 7.52. The Morgan fingerprint density at radius 3 is 2.22 bits per heavy atom. The highest BCUT2D eigenvalue weighted by atomic mass is 16.6. The van der Waals surface area contributed by atoms with E-state index in [1.54, 1.807) is 31.2 Å². The van der Waals surface area contributed by atoms with Crippen molar-refractivity contribution in [3.63, 3.8) is 0 Å². The minimum absolute atomic E-state index is 0.0998. The van der Waals surface area contributed by atoms with E-state index in [4.69, 9.17) is 4.84 Å². The van der Waals surface area contributed by atoms with E-state index in [9.17, 15) is 9.59 Å². The van der Waals surface area contributed by atoms with E-state index in [0.717, 1.165) is 5.56 Å². The molecule has 2 aromatic rings. The number of carbonyl (C=O) groups excluding carboxylic acids is 2. The van der Waals surface area contributed by atoms with Crippen LogP contribution in [-0.2, 0) is 9.63 Å². The lowest BCUT2D eigenvalue weighted by Gasteiger charge is -2.19. The summed E-state index contributed by atoms with van der Waals surface area (Å²) < 4.78 is 0. The fourth-order valence-electron chi connectivity index (χ4n) is 2.15. The highest BCUT2D eigenvalue weighted by Gasteiger charge is 2.19. The van der Waals surface area contributed by atoms with Crippen molar-refractivity contribution in [2.45, 2.75) is 19.4 Å². The number of benzene rings is 2. The van der Waals surface area contributed by atoms with Gasteiger partial charge in [0.2, 0.25) is 5.91 Å². The van der Waals surface area contributed by atoms with Gasteiger partial charge in [-0.1, -0.05) is 48.5 Å². The van der Waals surface area contributed by atoms with Crippen LogP contribution in [0.25, 0.3) is 0 Å². The molecule has 0 radical (unpaired) electrons. The predicted molar refractivity (Wildman–Crippen MR) is 87.5 cm³/mol. The molecule has 2 aromatic carbocycles. The maximum atomic E-state index is 12.3. The third kappa shape index (κ3) is 5.23. The summed E-state index contributed by atoms with van der Waals surface area (Å²) in [6, 6.07) is 17.9. The zero-order chi connectivity index (χ0) is 16.5. The van der Waals surface area contributed by atoms with Crippen LogP contribution in [-0.4, -0.2) is 18.4 Å². The lowest BCUT2D eigenvalue weighted by Crippen LogP contribution is -2.33. The second-order valence-corrected chi connectivity index (χ2v) is 4.97. The largest absolute Gasteiger partial charge is 0.345 e. The summed E-state index contributed by atoms with van der Waals surface area (Å²) in [5.41, 5.74) is 3.77. The maximum absolute atomic E-state index is 12.3. The van der Waals surface area contributed by atoms with Gasteiger partial charge in [0.25, 0.3) is 5.91 Å². The van der Waals surface area contributed by atoms with Gasteiger partial charge in [0.05, 0.1) is 19.1 Å². The molecule has 5 nitrogen and oxygen atoms in total. The standard InChI is InChI=1S/C18H20N2O3/c1-2-23-20-17(21)13-16(14-9-5-3-6-10-14)19-18(22)15-11-7-4-8-12-15/h3-12,16H,2,13H2,1H3,(H,19,22)(H,20,21). The topological polar surface area (TPSA) is 67.4 Å². The van der Waals surface area contributed by atoms with Crippen LogP contribution in [0.5, 0.6) is 0 Å². The highest BCUT2D eigenvalue weighted by Crippen LogP contribution is 2.17. The summed E-state index contributed by atoms with van der Waals surface area (Å²) in [6.07, 6.45) is 0.0998. The molecule has 2 amide bonds. The first kappa shape index (κ1) is 16.7. The number of hydrogen-bond donors (Lipinski definition) is 2. The molecule has 0 saturated carbocycles. The van der Waals surface area contributed by atoms with Gasteiger partial charge >= 0.3 is 0 Å². The third-order valence-corrected chi connectivity index (χ3v) is 3.26. The highest BCUT2D eigenvalue weighted by molar-refractivity contribution is 5.94. The molecule has 23 heavy (non-hydrogen) atoms. The Morgan fingerprint density at radius 2 is 1.61 bits per heavy atom. The molecular formula is C18H20N2O3. The van der Waals surface area contributed by atoms with E-state index in [-0.39, 0.29) is 18.2 Å². The second-order valence-electron chi connectivity index (χ2n) is 4.97. The maximum Gasteiger partial charge on any atom is 0.251 e. The van der Waals surface area contributed by atoms with Crippen molar-refractivity contribution < 1.29 is 14.4 Å². The van der Waals surface area contributed by atoms with E-state index in [1.165, 1.54) is 0 Å². The number of nitrogens with one attached hydrogen (secondary N) is 2. The zero-order valence-electron chi connectivity index (χ0n) is 13.0. The SMILES string of the molecule is CCONC(=O)CC(NC(=O)c1ccccc1)c1ccccc1. The smallest absolute Gasteiger partial charge is 0.251 e. The molecule has 2 N–H and O–H groups in total. The molecule has 0 bridgehead atoms. The van der Waals surface area contributed by atoms with Gasteiger partial charge in [-0.2, -0.15) is 0 Å². The van der Waals surface area contributed by atoms with Crippen molar-refractivity contribution in [1.82, 2.24) is 10.8 Å². The summed E-state index contributed by atoms with van der Waals surface area (Å²) in [5.74, 6) is -0.502. The molecule has 0 saturated heterocycles. The Labute approximate surface area is 135 Å². The van der Waals surface area contributed by atoms with Crippen molar-refractivity contribution in [3.8, 4) is 0 Å². The summed E-state index contributed by atoms with van der Waals surface area (Å²) >= 11 is 0. The molecule has 0 aliphatic carbocycles. The minimum atomic E-state index is -0.427. The minimum Gasteiger partial charge on any atom is -0.345 e. The third-order valence-electron chi connectivity index (χ3n) is 3.26. The quantitative estimate of drug-likeness (QED) is 0.772.